The standard InChI is InChI=1S/C15H24N2O2/c1-5-16-14-7-6-11(2)10-13(14)15(19)17(4)9-8-12(3)18/h6-7,10,12,16,18H,5,8-9H2,1-4H3. The van der Waals surface area contributed by atoms with Crippen LogP contribution in [-0.4, -0.2) is 42.2 Å². The van der Waals surface area contributed by atoms with Crippen molar-refractivity contribution in [2.45, 2.75) is 33.3 Å². The smallest absolute Gasteiger partial charge is 0.255 e. The predicted octanol–water partition coefficient (Wildman–Crippen LogP) is 2.27. The van der Waals surface area contributed by atoms with E-state index in [0.717, 1.165) is 17.8 Å². The lowest BCUT2D eigenvalue weighted by molar-refractivity contribution is 0.0770. The van der Waals surface area contributed by atoms with Gasteiger partial charge < -0.3 is 15.3 Å². The summed E-state index contributed by atoms with van der Waals surface area (Å²) >= 11 is 0. The minimum atomic E-state index is -0.388. The van der Waals surface area contributed by atoms with Crippen molar-refractivity contribution in [3.63, 3.8) is 0 Å². The monoisotopic (exact) mass is 264 g/mol. The van der Waals surface area contributed by atoms with E-state index in [-0.39, 0.29) is 12.0 Å². The highest BCUT2D eigenvalue weighted by Crippen LogP contribution is 2.19. The Balaban J connectivity index is 2.87. The van der Waals surface area contributed by atoms with Gasteiger partial charge in [-0.2, -0.15) is 0 Å². The zero-order valence-corrected chi connectivity index (χ0v) is 12.2. The molecule has 1 unspecified atom stereocenters. The Morgan fingerprint density at radius 2 is 2.16 bits per heavy atom. The molecule has 1 atom stereocenters. The number of amides is 1. The Kier molecular flexibility index (Phi) is 5.83. The van der Waals surface area contributed by atoms with Crippen LogP contribution in [0.15, 0.2) is 18.2 Å². The van der Waals surface area contributed by atoms with E-state index in [0.29, 0.717) is 18.5 Å². The Morgan fingerprint density at radius 1 is 1.47 bits per heavy atom. The molecule has 0 aliphatic heterocycles. The second kappa shape index (κ2) is 7.14. The molecule has 0 heterocycles. The van der Waals surface area contributed by atoms with Crippen LogP contribution in [0.5, 0.6) is 0 Å². The van der Waals surface area contributed by atoms with E-state index in [1.165, 1.54) is 0 Å². The largest absolute Gasteiger partial charge is 0.393 e. The van der Waals surface area contributed by atoms with Gasteiger partial charge in [0.25, 0.3) is 5.91 Å². The van der Waals surface area contributed by atoms with Gasteiger partial charge in [0.1, 0.15) is 0 Å². The van der Waals surface area contributed by atoms with E-state index >= 15 is 0 Å². The SMILES string of the molecule is CCNc1ccc(C)cc1C(=O)N(C)CCC(C)O. The molecule has 19 heavy (non-hydrogen) atoms. The number of hydrogen-bond donors (Lipinski definition) is 2. The fraction of sp³-hybridized carbons (Fsp3) is 0.533. The molecule has 1 rings (SSSR count). The van der Waals surface area contributed by atoms with E-state index in [1.807, 2.05) is 32.0 Å². The van der Waals surface area contributed by atoms with E-state index in [1.54, 1.807) is 18.9 Å². The summed E-state index contributed by atoms with van der Waals surface area (Å²) in [6.07, 6.45) is 0.200. The van der Waals surface area contributed by atoms with Gasteiger partial charge >= 0.3 is 0 Å². The molecule has 4 heteroatoms. The van der Waals surface area contributed by atoms with Crippen molar-refractivity contribution in [2.75, 3.05) is 25.5 Å². The van der Waals surface area contributed by atoms with Crippen molar-refractivity contribution in [1.82, 2.24) is 4.90 Å². The number of nitrogens with zero attached hydrogens (tertiary/aromatic N) is 1. The average molecular weight is 264 g/mol. The molecule has 0 aliphatic rings. The number of aliphatic hydroxyl groups is 1. The zero-order chi connectivity index (χ0) is 14.4. The topological polar surface area (TPSA) is 52.6 Å². The van der Waals surface area contributed by atoms with Gasteiger partial charge in [-0.3, -0.25) is 4.79 Å². The molecule has 4 nitrogen and oxygen atoms in total. The fourth-order valence-electron chi connectivity index (χ4n) is 1.87. The van der Waals surface area contributed by atoms with Crippen molar-refractivity contribution >= 4 is 11.6 Å². The first kappa shape index (κ1) is 15.5. The van der Waals surface area contributed by atoms with Gasteiger partial charge in [-0.1, -0.05) is 11.6 Å². The molecule has 1 amide bonds. The summed E-state index contributed by atoms with van der Waals surface area (Å²) in [4.78, 5) is 14.1. The molecule has 0 fully saturated rings. The summed E-state index contributed by atoms with van der Waals surface area (Å²) in [6.45, 7) is 7.04. The summed E-state index contributed by atoms with van der Waals surface area (Å²) < 4.78 is 0. The lowest BCUT2D eigenvalue weighted by Gasteiger charge is -2.20. The third-order valence-electron chi connectivity index (χ3n) is 3.00. The number of nitrogens with one attached hydrogen (secondary N) is 1. The van der Waals surface area contributed by atoms with E-state index in [4.69, 9.17) is 0 Å². The van der Waals surface area contributed by atoms with Crippen molar-refractivity contribution in [2.24, 2.45) is 0 Å². The molecule has 0 spiro atoms. The summed E-state index contributed by atoms with van der Waals surface area (Å²) in [5.41, 5.74) is 2.62. The maximum atomic E-state index is 12.4. The van der Waals surface area contributed by atoms with Gasteiger partial charge in [-0.05, 0) is 39.3 Å². The van der Waals surface area contributed by atoms with Gasteiger partial charge in [0.15, 0.2) is 0 Å². The number of carbonyl (C=O) groups is 1. The highest BCUT2D eigenvalue weighted by Gasteiger charge is 2.16. The highest BCUT2D eigenvalue weighted by molar-refractivity contribution is 5.99. The van der Waals surface area contributed by atoms with Gasteiger partial charge in [0.05, 0.1) is 11.7 Å². The molecule has 0 bridgehead atoms. The summed E-state index contributed by atoms with van der Waals surface area (Å²) in [5, 5.41) is 12.5. The van der Waals surface area contributed by atoms with E-state index in [9.17, 15) is 9.90 Å². The zero-order valence-electron chi connectivity index (χ0n) is 12.2. The average Bonchev–Trinajstić information content (AvgIpc) is 2.37. The molecule has 1 aromatic rings. The van der Waals surface area contributed by atoms with Crippen LogP contribution in [0.1, 0.15) is 36.2 Å². The number of anilines is 1. The van der Waals surface area contributed by atoms with Crippen LogP contribution < -0.4 is 5.32 Å². The van der Waals surface area contributed by atoms with Crippen molar-refractivity contribution in [3.05, 3.63) is 29.3 Å². The quantitative estimate of drug-likeness (QED) is 0.828. The lowest BCUT2D eigenvalue weighted by atomic mass is 10.1. The minimum Gasteiger partial charge on any atom is -0.393 e. The first-order valence-electron chi connectivity index (χ1n) is 6.73. The number of benzene rings is 1. The normalized spacial score (nSPS) is 12.1. The summed E-state index contributed by atoms with van der Waals surface area (Å²) in [7, 11) is 1.77. The molecular formula is C15H24N2O2. The molecule has 2 N–H and O–H groups in total. The number of aryl methyl sites for hydroxylation is 1. The minimum absolute atomic E-state index is 0.0136. The van der Waals surface area contributed by atoms with Gasteiger partial charge in [0.2, 0.25) is 0 Å². The van der Waals surface area contributed by atoms with Crippen LogP contribution in [0.4, 0.5) is 5.69 Å². The summed E-state index contributed by atoms with van der Waals surface area (Å²) in [6, 6.07) is 5.83. The van der Waals surface area contributed by atoms with Crippen molar-refractivity contribution in [1.29, 1.82) is 0 Å². The van der Waals surface area contributed by atoms with Gasteiger partial charge in [-0.15, -0.1) is 0 Å². The molecule has 1 aromatic carbocycles. The first-order chi connectivity index (χ1) is 8.95. The number of aliphatic hydroxyl groups excluding tert-OH is 1. The molecule has 0 saturated carbocycles. The van der Waals surface area contributed by atoms with Crippen LogP contribution >= 0.6 is 0 Å². The van der Waals surface area contributed by atoms with Crippen LogP contribution in [0.25, 0.3) is 0 Å². The Bertz CT molecular complexity index is 430. The van der Waals surface area contributed by atoms with E-state index < -0.39 is 0 Å². The summed E-state index contributed by atoms with van der Waals surface area (Å²) in [5.74, 6) is -0.0136. The third kappa shape index (κ3) is 4.56. The van der Waals surface area contributed by atoms with Crippen LogP contribution in [0.3, 0.4) is 0 Å². The predicted molar refractivity (Wildman–Crippen MR) is 78.6 cm³/mol. The molecule has 0 aromatic heterocycles. The van der Waals surface area contributed by atoms with Crippen molar-refractivity contribution < 1.29 is 9.90 Å². The molecule has 0 radical (unpaired) electrons. The molecule has 106 valence electrons. The van der Waals surface area contributed by atoms with Gasteiger partial charge in [-0.25, -0.2) is 0 Å². The molecule has 0 aliphatic carbocycles. The number of rotatable bonds is 6. The second-order valence-electron chi connectivity index (χ2n) is 4.94. The lowest BCUT2D eigenvalue weighted by Crippen LogP contribution is -2.30. The maximum Gasteiger partial charge on any atom is 0.255 e. The number of carbonyl (C=O) groups excluding carboxylic acids is 1. The van der Waals surface area contributed by atoms with Gasteiger partial charge in [0, 0.05) is 25.8 Å². The highest BCUT2D eigenvalue weighted by atomic mass is 16.3. The number of hydrogen-bond acceptors (Lipinski definition) is 3. The van der Waals surface area contributed by atoms with E-state index in [2.05, 4.69) is 5.32 Å². The maximum absolute atomic E-state index is 12.4. The van der Waals surface area contributed by atoms with Crippen LogP contribution in [-0.2, 0) is 0 Å². The van der Waals surface area contributed by atoms with Crippen LogP contribution in [0, 0.1) is 6.92 Å². The Morgan fingerprint density at radius 3 is 2.74 bits per heavy atom. The van der Waals surface area contributed by atoms with Crippen LogP contribution in [0.2, 0.25) is 0 Å². The van der Waals surface area contributed by atoms with Crippen molar-refractivity contribution in [3.8, 4) is 0 Å². The molecular weight excluding hydrogens is 240 g/mol. The second-order valence-corrected chi connectivity index (χ2v) is 4.94. The fourth-order valence-corrected chi connectivity index (χ4v) is 1.87. The Hall–Kier alpha value is -1.55. The third-order valence-corrected chi connectivity index (χ3v) is 3.00. The molecule has 0 saturated heterocycles. The first-order valence-corrected chi connectivity index (χ1v) is 6.73. The Labute approximate surface area is 115 Å².